The molecule has 2 atom stereocenters. The van der Waals surface area contributed by atoms with Crippen molar-refractivity contribution < 1.29 is 9.59 Å². The summed E-state index contributed by atoms with van der Waals surface area (Å²) in [5.41, 5.74) is 1.29. The van der Waals surface area contributed by atoms with Crippen LogP contribution in [0, 0.1) is 0 Å². The molecule has 1 aromatic carbocycles. The summed E-state index contributed by atoms with van der Waals surface area (Å²) in [5.74, 6) is 0.00571. The number of benzene rings is 1. The number of piperidine rings is 2. The van der Waals surface area contributed by atoms with Gasteiger partial charge in [0.15, 0.2) is 5.78 Å². The van der Waals surface area contributed by atoms with Crippen molar-refractivity contribution in [1.82, 2.24) is 10.2 Å². The van der Waals surface area contributed by atoms with Crippen molar-refractivity contribution >= 4 is 17.5 Å². The van der Waals surface area contributed by atoms with Gasteiger partial charge in [0.25, 0.3) is 0 Å². The second-order valence-corrected chi connectivity index (χ2v) is 8.53. The molecule has 5 heteroatoms. The van der Waals surface area contributed by atoms with Gasteiger partial charge in [0.2, 0.25) is 0 Å². The van der Waals surface area contributed by atoms with Crippen LogP contribution >= 0.6 is 0 Å². The molecule has 1 aromatic rings. The molecule has 0 unspecified atom stereocenters. The van der Waals surface area contributed by atoms with Crippen LogP contribution in [0.2, 0.25) is 0 Å². The molecule has 1 aliphatic carbocycles. The number of urea groups is 1. The van der Waals surface area contributed by atoms with Gasteiger partial charge in [0.05, 0.1) is 0 Å². The molecule has 0 spiro atoms. The highest BCUT2D eigenvalue weighted by Gasteiger charge is 2.42. The molecule has 2 N–H and O–H groups in total. The number of carbonyl (C=O) groups excluding carboxylic acids is 2. The van der Waals surface area contributed by atoms with Gasteiger partial charge < -0.3 is 10.6 Å². The van der Waals surface area contributed by atoms with Crippen molar-refractivity contribution in [3.8, 4) is 0 Å². The van der Waals surface area contributed by atoms with Crippen molar-refractivity contribution in [2.75, 3.05) is 5.32 Å². The van der Waals surface area contributed by atoms with E-state index in [9.17, 15) is 9.59 Å². The van der Waals surface area contributed by atoms with Gasteiger partial charge in [0.1, 0.15) is 0 Å². The number of ketones is 1. The summed E-state index contributed by atoms with van der Waals surface area (Å²) >= 11 is 0. The third-order valence-corrected chi connectivity index (χ3v) is 6.64. The molecule has 5 nitrogen and oxygen atoms in total. The molecule has 0 radical (unpaired) electrons. The molecule has 3 aliphatic rings. The summed E-state index contributed by atoms with van der Waals surface area (Å²) in [7, 11) is 0. The Labute approximate surface area is 161 Å². The van der Waals surface area contributed by atoms with Crippen molar-refractivity contribution in [3.05, 3.63) is 29.8 Å². The van der Waals surface area contributed by atoms with E-state index in [0.717, 1.165) is 18.9 Å². The van der Waals surface area contributed by atoms with Crippen molar-refractivity contribution in [1.29, 1.82) is 0 Å². The lowest BCUT2D eigenvalue weighted by molar-refractivity contribution is -0.00680. The molecule has 2 heterocycles. The summed E-state index contributed by atoms with van der Waals surface area (Å²) < 4.78 is 0. The first-order chi connectivity index (χ1) is 13.1. The lowest BCUT2D eigenvalue weighted by atomic mass is 9.80. The fraction of sp³-hybridized carbons (Fsp3) is 0.636. The second-order valence-electron chi connectivity index (χ2n) is 8.53. The normalized spacial score (nSPS) is 28.7. The molecule has 2 bridgehead atoms. The standard InChI is InChI=1S/C22H31N3O2/c1-15(26)16-6-4-7-17(12-16)23-22(27)24-18-13-20-10-5-11-21(14-18)25(20)19-8-2-3-9-19/h4,6-7,12,18-21H,2-3,5,8-11,13-14H2,1H3,(H2,23,24,27)/t20-,21-/m0/s1. The van der Waals surface area contributed by atoms with Crippen LogP contribution in [-0.4, -0.2) is 40.9 Å². The molecule has 2 amide bonds. The quantitative estimate of drug-likeness (QED) is 0.776. The summed E-state index contributed by atoms with van der Waals surface area (Å²) in [5, 5.41) is 6.09. The van der Waals surface area contributed by atoms with E-state index >= 15 is 0 Å². The number of anilines is 1. The Morgan fingerprint density at radius 1 is 0.963 bits per heavy atom. The predicted molar refractivity (Wildman–Crippen MR) is 107 cm³/mol. The predicted octanol–water partition coefficient (Wildman–Crippen LogP) is 4.34. The van der Waals surface area contributed by atoms with E-state index in [1.54, 1.807) is 18.2 Å². The number of nitrogens with zero attached hydrogens (tertiary/aromatic N) is 1. The van der Waals surface area contributed by atoms with Crippen molar-refractivity contribution in [2.24, 2.45) is 0 Å². The lowest BCUT2D eigenvalue weighted by Crippen LogP contribution is -2.59. The van der Waals surface area contributed by atoms with Crippen molar-refractivity contribution in [2.45, 2.75) is 88.9 Å². The third kappa shape index (κ3) is 4.18. The van der Waals surface area contributed by atoms with E-state index in [4.69, 9.17) is 0 Å². The lowest BCUT2D eigenvalue weighted by Gasteiger charge is -2.51. The van der Waals surface area contributed by atoms with Gasteiger partial charge in [-0.15, -0.1) is 0 Å². The monoisotopic (exact) mass is 369 g/mol. The average Bonchev–Trinajstić information content (AvgIpc) is 3.15. The van der Waals surface area contributed by atoms with Crippen LogP contribution in [0.1, 0.15) is 75.1 Å². The van der Waals surface area contributed by atoms with Crippen LogP contribution in [0.5, 0.6) is 0 Å². The number of carbonyl (C=O) groups is 2. The van der Waals surface area contributed by atoms with Gasteiger partial charge in [0, 0.05) is 35.4 Å². The Hall–Kier alpha value is -1.88. The van der Waals surface area contributed by atoms with E-state index in [1.165, 1.54) is 51.9 Å². The summed E-state index contributed by atoms with van der Waals surface area (Å²) in [6.45, 7) is 1.54. The maximum absolute atomic E-state index is 12.5. The number of Topliss-reactive ketones (excluding diaryl/α,β-unsaturated/α-hetero) is 1. The van der Waals surface area contributed by atoms with Crippen LogP contribution in [0.3, 0.4) is 0 Å². The average molecular weight is 370 g/mol. The highest BCUT2D eigenvalue weighted by atomic mass is 16.2. The zero-order chi connectivity index (χ0) is 18.8. The fourth-order valence-electron chi connectivity index (χ4n) is 5.50. The first-order valence-corrected chi connectivity index (χ1v) is 10.6. The van der Waals surface area contributed by atoms with Gasteiger partial charge in [-0.2, -0.15) is 0 Å². The first-order valence-electron chi connectivity index (χ1n) is 10.6. The van der Waals surface area contributed by atoms with E-state index in [1.807, 2.05) is 6.07 Å². The molecule has 2 aliphatic heterocycles. The Morgan fingerprint density at radius 2 is 1.63 bits per heavy atom. The Bertz CT molecular complexity index is 685. The number of nitrogens with one attached hydrogen (secondary N) is 2. The minimum absolute atomic E-state index is 0.00571. The molecular weight excluding hydrogens is 338 g/mol. The third-order valence-electron chi connectivity index (χ3n) is 6.64. The van der Waals surface area contributed by atoms with E-state index in [2.05, 4.69) is 15.5 Å². The van der Waals surface area contributed by atoms with E-state index in [-0.39, 0.29) is 17.9 Å². The zero-order valence-electron chi connectivity index (χ0n) is 16.2. The Kier molecular flexibility index (Phi) is 5.48. The minimum atomic E-state index is -0.159. The Morgan fingerprint density at radius 3 is 2.30 bits per heavy atom. The molecule has 0 aromatic heterocycles. The number of hydrogen-bond donors (Lipinski definition) is 2. The second kappa shape index (κ2) is 8.01. The number of fused-ring (bicyclic) bond motifs is 2. The molecule has 3 fully saturated rings. The van der Waals surface area contributed by atoms with E-state index < -0.39 is 0 Å². The van der Waals surface area contributed by atoms with Gasteiger partial charge in [-0.3, -0.25) is 9.69 Å². The topological polar surface area (TPSA) is 61.4 Å². The maximum atomic E-state index is 12.5. The van der Waals surface area contributed by atoms with Gasteiger partial charge >= 0.3 is 6.03 Å². The van der Waals surface area contributed by atoms with Crippen LogP contribution < -0.4 is 10.6 Å². The fourth-order valence-corrected chi connectivity index (χ4v) is 5.50. The van der Waals surface area contributed by atoms with Gasteiger partial charge in [-0.25, -0.2) is 4.79 Å². The van der Waals surface area contributed by atoms with Crippen LogP contribution in [0.4, 0.5) is 10.5 Å². The van der Waals surface area contributed by atoms with E-state index in [0.29, 0.717) is 23.3 Å². The molecule has 2 saturated heterocycles. The van der Waals surface area contributed by atoms with Crippen molar-refractivity contribution in [3.63, 3.8) is 0 Å². The maximum Gasteiger partial charge on any atom is 0.319 e. The smallest absolute Gasteiger partial charge is 0.319 e. The minimum Gasteiger partial charge on any atom is -0.335 e. The highest BCUT2D eigenvalue weighted by Crippen LogP contribution is 2.39. The van der Waals surface area contributed by atoms with Crippen LogP contribution in [-0.2, 0) is 0 Å². The van der Waals surface area contributed by atoms with Crippen LogP contribution in [0.25, 0.3) is 0 Å². The number of rotatable bonds is 4. The molecular formula is C22H31N3O2. The Balaban J connectivity index is 1.35. The number of hydrogen-bond acceptors (Lipinski definition) is 3. The van der Waals surface area contributed by atoms with Gasteiger partial charge in [-0.05, 0) is 57.6 Å². The van der Waals surface area contributed by atoms with Crippen LogP contribution in [0.15, 0.2) is 24.3 Å². The summed E-state index contributed by atoms with van der Waals surface area (Å²) in [6.07, 6.45) is 11.5. The number of amides is 2. The molecule has 146 valence electrons. The van der Waals surface area contributed by atoms with Gasteiger partial charge in [-0.1, -0.05) is 31.4 Å². The summed E-state index contributed by atoms with van der Waals surface area (Å²) in [6, 6.07) is 9.26. The highest BCUT2D eigenvalue weighted by molar-refractivity contribution is 5.96. The SMILES string of the molecule is CC(=O)c1cccc(NC(=O)NC2C[C@@H]3CCC[C@@H](C2)N3C2CCCC2)c1. The molecule has 1 saturated carbocycles. The first kappa shape index (κ1) is 18.5. The molecule has 27 heavy (non-hydrogen) atoms. The molecule has 4 rings (SSSR count). The summed E-state index contributed by atoms with van der Waals surface area (Å²) in [4.78, 5) is 26.8. The largest absolute Gasteiger partial charge is 0.335 e. The zero-order valence-corrected chi connectivity index (χ0v) is 16.2.